The molecule has 1 aliphatic rings. The molecule has 1 aliphatic heterocycles. The number of furan rings is 1. The van der Waals surface area contributed by atoms with Crippen LogP contribution < -0.4 is 0 Å². The fraction of sp³-hybridized carbons (Fsp3) is 0.579. The van der Waals surface area contributed by atoms with Crippen LogP contribution in [-0.2, 0) is 37.6 Å². The maximum atomic E-state index is 12.8. The van der Waals surface area contributed by atoms with Crippen molar-refractivity contribution in [1.29, 1.82) is 0 Å². The highest BCUT2D eigenvalue weighted by Gasteiger charge is 2.24. The van der Waals surface area contributed by atoms with Crippen LogP contribution in [0.25, 0.3) is 0 Å². The van der Waals surface area contributed by atoms with Gasteiger partial charge in [0.15, 0.2) is 0 Å². The van der Waals surface area contributed by atoms with Gasteiger partial charge in [0.05, 0.1) is 24.9 Å². The number of aromatic nitrogens is 2. The highest BCUT2D eigenvalue weighted by atomic mass is 16.3. The van der Waals surface area contributed by atoms with Crippen molar-refractivity contribution < 1.29 is 9.21 Å². The Bertz CT molecular complexity index is 697. The number of carbonyl (C=O) groups excluding carboxylic acids is 1. The first-order valence-corrected chi connectivity index (χ1v) is 9.18. The molecule has 0 N–H and O–H groups in total. The van der Waals surface area contributed by atoms with E-state index in [1.807, 2.05) is 28.8 Å². The molecule has 25 heavy (non-hydrogen) atoms. The SMILES string of the molecule is CCc1nn(C)c(CC)c1CC(=O)N1CCN(Cc2ccco2)CC1. The van der Waals surface area contributed by atoms with Gasteiger partial charge in [-0.3, -0.25) is 14.4 Å². The second-order valence-electron chi connectivity index (χ2n) is 6.62. The average molecular weight is 344 g/mol. The monoisotopic (exact) mass is 344 g/mol. The zero-order valence-electron chi connectivity index (χ0n) is 15.5. The lowest BCUT2D eigenvalue weighted by atomic mass is 10.0. The van der Waals surface area contributed by atoms with Gasteiger partial charge in [-0.15, -0.1) is 0 Å². The minimum absolute atomic E-state index is 0.218. The lowest BCUT2D eigenvalue weighted by molar-refractivity contribution is -0.132. The first kappa shape index (κ1) is 17.7. The lowest BCUT2D eigenvalue weighted by Crippen LogP contribution is -2.48. The second kappa shape index (κ2) is 7.87. The summed E-state index contributed by atoms with van der Waals surface area (Å²) in [4.78, 5) is 17.1. The van der Waals surface area contributed by atoms with Gasteiger partial charge in [-0.25, -0.2) is 0 Å². The number of hydrogen-bond donors (Lipinski definition) is 0. The smallest absolute Gasteiger partial charge is 0.227 e. The molecule has 6 heteroatoms. The Morgan fingerprint density at radius 2 is 1.96 bits per heavy atom. The normalized spacial score (nSPS) is 15.7. The predicted octanol–water partition coefficient (Wildman–Crippen LogP) is 2.02. The summed E-state index contributed by atoms with van der Waals surface area (Å²) >= 11 is 0. The topological polar surface area (TPSA) is 54.5 Å². The standard InChI is InChI=1S/C19H28N4O2/c1-4-17-16(18(5-2)21(3)20-17)13-19(24)23-10-8-22(9-11-23)14-15-7-6-12-25-15/h6-7,12H,4-5,8-11,13-14H2,1-3H3. The van der Waals surface area contributed by atoms with Crippen molar-refractivity contribution in [2.75, 3.05) is 26.2 Å². The van der Waals surface area contributed by atoms with E-state index in [1.54, 1.807) is 6.26 Å². The van der Waals surface area contributed by atoms with Gasteiger partial charge in [-0.2, -0.15) is 5.10 Å². The van der Waals surface area contributed by atoms with Crippen molar-refractivity contribution in [3.05, 3.63) is 41.1 Å². The number of carbonyl (C=O) groups is 1. The van der Waals surface area contributed by atoms with Gasteiger partial charge in [-0.05, 0) is 25.0 Å². The molecule has 0 aliphatic carbocycles. The lowest BCUT2D eigenvalue weighted by Gasteiger charge is -2.34. The van der Waals surface area contributed by atoms with E-state index in [-0.39, 0.29) is 5.91 Å². The van der Waals surface area contributed by atoms with E-state index in [0.717, 1.165) is 62.6 Å². The molecule has 1 amide bonds. The summed E-state index contributed by atoms with van der Waals surface area (Å²) in [6.45, 7) is 8.38. The minimum Gasteiger partial charge on any atom is -0.468 e. The molecule has 6 nitrogen and oxygen atoms in total. The van der Waals surface area contributed by atoms with E-state index in [2.05, 4.69) is 23.8 Å². The quantitative estimate of drug-likeness (QED) is 0.805. The van der Waals surface area contributed by atoms with Gasteiger partial charge >= 0.3 is 0 Å². The van der Waals surface area contributed by atoms with Crippen molar-refractivity contribution in [2.45, 2.75) is 39.7 Å². The van der Waals surface area contributed by atoms with Crippen LogP contribution in [0.2, 0.25) is 0 Å². The van der Waals surface area contributed by atoms with Crippen molar-refractivity contribution in [2.24, 2.45) is 7.05 Å². The van der Waals surface area contributed by atoms with Crippen molar-refractivity contribution in [3.63, 3.8) is 0 Å². The number of nitrogens with zero attached hydrogens (tertiary/aromatic N) is 4. The Kier molecular flexibility index (Phi) is 5.58. The van der Waals surface area contributed by atoms with Crippen molar-refractivity contribution in [3.8, 4) is 0 Å². The predicted molar refractivity (Wildman–Crippen MR) is 96.2 cm³/mol. The fourth-order valence-corrected chi connectivity index (χ4v) is 3.64. The molecule has 0 unspecified atom stereocenters. The molecule has 3 rings (SSSR count). The highest BCUT2D eigenvalue weighted by molar-refractivity contribution is 5.79. The molecule has 2 aromatic rings. The second-order valence-corrected chi connectivity index (χ2v) is 6.62. The Hall–Kier alpha value is -2.08. The zero-order chi connectivity index (χ0) is 17.8. The van der Waals surface area contributed by atoms with Crippen molar-refractivity contribution in [1.82, 2.24) is 19.6 Å². The van der Waals surface area contributed by atoms with Crippen LogP contribution in [0.4, 0.5) is 0 Å². The molecule has 1 fully saturated rings. The van der Waals surface area contributed by atoms with Gasteiger partial charge in [0.25, 0.3) is 0 Å². The first-order chi connectivity index (χ1) is 12.1. The van der Waals surface area contributed by atoms with Gasteiger partial charge in [0, 0.05) is 44.5 Å². The van der Waals surface area contributed by atoms with Crippen LogP contribution in [0.15, 0.2) is 22.8 Å². The third-order valence-electron chi connectivity index (χ3n) is 5.04. The maximum Gasteiger partial charge on any atom is 0.227 e. The molecule has 0 spiro atoms. The van der Waals surface area contributed by atoms with Gasteiger partial charge in [-0.1, -0.05) is 13.8 Å². The van der Waals surface area contributed by atoms with Gasteiger partial charge in [0.1, 0.15) is 5.76 Å². The summed E-state index contributed by atoms with van der Waals surface area (Å²) in [5, 5.41) is 4.58. The molecule has 1 saturated heterocycles. The molecule has 0 aromatic carbocycles. The number of amides is 1. The first-order valence-electron chi connectivity index (χ1n) is 9.18. The molecule has 2 aromatic heterocycles. The van der Waals surface area contributed by atoms with Crippen LogP contribution in [0, 0.1) is 0 Å². The van der Waals surface area contributed by atoms with Gasteiger partial charge in [0.2, 0.25) is 5.91 Å². The Labute approximate surface area is 149 Å². The van der Waals surface area contributed by atoms with Crippen LogP contribution >= 0.6 is 0 Å². The summed E-state index contributed by atoms with van der Waals surface area (Å²) in [6, 6.07) is 3.91. The number of rotatable bonds is 6. The van der Waals surface area contributed by atoms with Gasteiger partial charge < -0.3 is 9.32 Å². The Morgan fingerprint density at radius 1 is 1.20 bits per heavy atom. The highest BCUT2D eigenvalue weighted by Crippen LogP contribution is 2.18. The van der Waals surface area contributed by atoms with Crippen LogP contribution in [0.5, 0.6) is 0 Å². The Morgan fingerprint density at radius 3 is 2.56 bits per heavy atom. The molecule has 0 saturated carbocycles. The van der Waals surface area contributed by atoms with Crippen LogP contribution in [0.1, 0.15) is 36.6 Å². The molecular formula is C19H28N4O2. The summed E-state index contributed by atoms with van der Waals surface area (Å²) in [5.74, 6) is 1.20. The molecular weight excluding hydrogens is 316 g/mol. The molecule has 136 valence electrons. The molecule has 3 heterocycles. The van der Waals surface area contributed by atoms with E-state index in [4.69, 9.17) is 4.42 Å². The van der Waals surface area contributed by atoms with Crippen LogP contribution in [-0.4, -0.2) is 51.7 Å². The van der Waals surface area contributed by atoms with Crippen molar-refractivity contribution >= 4 is 5.91 Å². The molecule has 0 bridgehead atoms. The third kappa shape index (κ3) is 3.95. The number of piperazine rings is 1. The van der Waals surface area contributed by atoms with E-state index >= 15 is 0 Å². The largest absolute Gasteiger partial charge is 0.468 e. The third-order valence-corrected chi connectivity index (χ3v) is 5.04. The summed E-state index contributed by atoms with van der Waals surface area (Å²) in [5.41, 5.74) is 3.38. The minimum atomic E-state index is 0.218. The maximum absolute atomic E-state index is 12.8. The van der Waals surface area contributed by atoms with E-state index in [9.17, 15) is 4.79 Å². The zero-order valence-corrected chi connectivity index (χ0v) is 15.5. The van der Waals surface area contributed by atoms with E-state index in [0.29, 0.717) is 6.42 Å². The number of hydrogen-bond acceptors (Lipinski definition) is 4. The summed E-state index contributed by atoms with van der Waals surface area (Å²) < 4.78 is 7.34. The number of aryl methyl sites for hydroxylation is 2. The van der Waals surface area contributed by atoms with Crippen LogP contribution in [0.3, 0.4) is 0 Å². The Balaban J connectivity index is 1.58. The summed E-state index contributed by atoms with van der Waals surface area (Å²) in [7, 11) is 1.97. The summed E-state index contributed by atoms with van der Waals surface area (Å²) in [6.07, 6.45) is 3.95. The van der Waals surface area contributed by atoms with E-state index < -0.39 is 0 Å². The van der Waals surface area contributed by atoms with E-state index in [1.165, 1.54) is 5.69 Å². The molecule has 0 radical (unpaired) electrons. The average Bonchev–Trinajstić information content (AvgIpc) is 3.23. The molecule has 0 atom stereocenters. The fourth-order valence-electron chi connectivity index (χ4n) is 3.64.